The number of carbonyl (C=O) groups excluding carboxylic acids is 1. The highest BCUT2D eigenvalue weighted by molar-refractivity contribution is 7.13. The molecule has 1 amide bonds. The summed E-state index contributed by atoms with van der Waals surface area (Å²) in [5.41, 5.74) is 0. The minimum absolute atomic E-state index is 0.212. The Morgan fingerprint density at radius 2 is 2.30 bits per heavy atom. The number of nitrogens with zero attached hydrogens (tertiary/aromatic N) is 3. The van der Waals surface area contributed by atoms with Crippen LogP contribution in [0.4, 0.5) is 0 Å². The topological polar surface area (TPSA) is 59.2 Å². The fourth-order valence-corrected chi connectivity index (χ4v) is 3.16. The van der Waals surface area contributed by atoms with E-state index in [0.29, 0.717) is 36.5 Å². The van der Waals surface area contributed by atoms with Gasteiger partial charge in [0.1, 0.15) is 0 Å². The molecular weight excluding hydrogens is 310 g/mol. The molecule has 2 aromatic heterocycles. The van der Waals surface area contributed by atoms with Gasteiger partial charge in [0, 0.05) is 25.4 Å². The zero-order valence-corrected chi connectivity index (χ0v) is 14.5. The first-order valence-corrected chi connectivity index (χ1v) is 9.17. The molecule has 124 valence electrons. The Bertz CT molecular complexity index is 632. The second-order valence-corrected chi connectivity index (χ2v) is 7.44. The third-order valence-electron chi connectivity index (χ3n) is 4.02. The molecule has 0 aromatic carbocycles. The molecule has 1 aliphatic rings. The van der Waals surface area contributed by atoms with Crippen molar-refractivity contribution in [3.05, 3.63) is 23.4 Å². The molecular formula is C17H23N3O2S. The Morgan fingerprint density at radius 3 is 2.96 bits per heavy atom. The maximum absolute atomic E-state index is 12.5. The Labute approximate surface area is 140 Å². The number of thiophene rings is 1. The van der Waals surface area contributed by atoms with Gasteiger partial charge in [0.05, 0.1) is 4.88 Å². The van der Waals surface area contributed by atoms with Gasteiger partial charge >= 0.3 is 0 Å². The average molecular weight is 333 g/mol. The molecule has 1 aliphatic carbocycles. The maximum Gasteiger partial charge on any atom is 0.227 e. The third-order valence-corrected chi connectivity index (χ3v) is 4.88. The fraction of sp³-hybridized carbons (Fsp3) is 0.588. The molecule has 23 heavy (non-hydrogen) atoms. The maximum atomic E-state index is 12.5. The van der Waals surface area contributed by atoms with Crippen molar-refractivity contribution in [2.24, 2.45) is 5.92 Å². The summed E-state index contributed by atoms with van der Waals surface area (Å²) in [5, 5.41) is 5.97. The molecule has 6 heteroatoms. The van der Waals surface area contributed by atoms with Crippen molar-refractivity contribution in [1.82, 2.24) is 15.0 Å². The summed E-state index contributed by atoms with van der Waals surface area (Å²) in [7, 11) is 0. The highest BCUT2D eigenvalue weighted by Gasteiger charge is 2.32. The van der Waals surface area contributed by atoms with Crippen LogP contribution < -0.4 is 0 Å². The van der Waals surface area contributed by atoms with E-state index in [4.69, 9.17) is 4.52 Å². The van der Waals surface area contributed by atoms with Gasteiger partial charge in [0.25, 0.3) is 0 Å². The molecule has 0 atom stereocenters. The van der Waals surface area contributed by atoms with E-state index in [9.17, 15) is 4.79 Å². The molecule has 1 fully saturated rings. The van der Waals surface area contributed by atoms with E-state index in [2.05, 4.69) is 28.9 Å². The van der Waals surface area contributed by atoms with Gasteiger partial charge in [0.2, 0.25) is 17.6 Å². The van der Waals surface area contributed by atoms with Crippen molar-refractivity contribution in [3.63, 3.8) is 0 Å². The molecule has 0 radical (unpaired) electrons. The Hall–Kier alpha value is -1.69. The molecule has 2 heterocycles. The third kappa shape index (κ3) is 4.41. The van der Waals surface area contributed by atoms with Gasteiger partial charge in [-0.15, -0.1) is 11.3 Å². The van der Waals surface area contributed by atoms with Crippen molar-refractivity contribution < 1.29 is 9.32 Å². The molecule has 3 rings (SSSR count). The van der Waals surface area contributed by atoms with Crippen LogP contribution in [0.15, 0.2) is 22.0 Å². The van der Waals surface area contributed by atoms with Crippen LogP contribution in [0.25, 0.3) is 10.7 Å². The zero-order chi connectivity index (χ0) is 16.2. The van der Waals surface area contributed by atoms with Crippen LogP contribution >= 0.6 is 11.3 Å². The molecule has 0 saturated heterocycles. The number of hydrogen-bond acceptors (Lipinski definition) is 5. The summed E-state index contributed by atoms with van der Waals surface area (Å²) < 4.78 is 5.27. The van der Waals surface area contributed by atoms with E-state index in [1.165, 1.54) is 0 Å². The Kier molecular flexibility index (Phi) is 5.10. The van der Waals surface area contributed by atoms with Crippen LogP contribution in [-0.2, 0) is 11.2 Å². The summed E-state index contributed by atoms with van der Waals surface area (Å²) in [6, 6.07) is 4.39. The van der Waals surface area contributed by atoms with Crippen molar-refractivity contribution in [2.75, 3.05) is 6.54 Å². The van der Waals surface area contributed by atoms with Gasteiger partial charge in [-0.1, -0.05) is 25.1 Å². The quantitative estimate of drug-likeness (QED) is 0.738. The van der Waals surface area contributed by atoms with E-state index in [0.717, 1.165) is 30.7 Å². The summed E-state index contributed by atoms with van der Waals surface area (Å²) in [4.78, 5) is 19.9. The van der Waals surface area contributed by atoms with Gasteiger partial charge < -0.3 is 9.42 Å². The number of amides is 1. The first kappa shape index (κ1) is 16.2. The minimum atomic E-state index is 0.212. The van der Waals surface area contributed by atoms with Crippen molar-refractivity contribution in [1.29, 1.82) is 0 Å². The predicted octanol–water partition coefficient (Wildman–Crippen LogP) is 3.77. The van der Waals surface area contributed by atoms with Crippen LogP contribution in [0.1, 0.15) is 45.4 Å². The van der Waals surface area contributed by atoms with Crippen LogP contribution in [0.2, 0.25) is 0 Å². The van der Waals surface area contributed by atoms with Gasteiger partial charge in [-0.3, -0.25) is 4.79 Å². The lowest BCUT2D eigenvalue weighted by Crippen LogP contribution is -2.34. The molecule has 0 unspecified atom stereocenters. The highest BCUT2D eigenvalue weighted by atomic mass is 32.1. The summed E-state index contributed by atoms with van der Waals surface area (Å²) in [6.45, 7) is 5.26. The number of aryl methyl sites for hydroxylation is 1. The lowest BCUT2D eigenvalue weighted by Gasteiger charge is -2.23. The van der Waals surface area contributed by atoms with E-state index >= 15 is 0 Å². The van der Waals surface area contributed by atoms with Gasteiger partial charge in [-0.05, 0) is 36.6 Å². The number of hydrogen-bond donors (Lipinski definition) is 0. The van der Waals surface area contributed by atoms with Crippen LogP contribution in [-0.4, -0.2) is 33.5 Å². The lowest BCUT2D eigenvalue weighted by molar-refractivity contribution is -0.132. The molecule has 0 spiro atoms. The molecule has 1 saturated carbocycles. The van der Waals surface area contributed by atoms with Crippen molar-refractivity contribution >= 4 is 17.2 Å². The SMILES string of the molecule is CC(C)CCN(C(=O)CCc1nc(-c2cccs2)no1)C1CC1. The van der Waals surface area contributed by atoms with Gasteiger partial charge in [-0.25, -0.2) is 0 Å². The Balaban J connectivity index is 1.53. The smallest absolute Gasteiger partial charge is 0.227 e. The summed E-state index contributed by atoms with van der Waals surface area (Å²) in [6.07, 6.45) is 4.31. The van der Waals surface area contributed by atoms with Crippen molar-refractivity contribution in [3.8, 4) is 10.7 Å². The second kappa shape index (κ2) is 7.25. The number of aromatic nitrogens is 2. The molecule has 0 aliphatic heterocycles. The zero-order valence-electron chi connectivity index (χ0n) is 13.7. The second-order valence-electron chi connectivity index (χ2n) is 6.49. The average Bonchev–Trinajstić information content (AvgIpc) is 3.04. The van der Waals surface area contributed by atoms with Crippen LogP contribution in [0.5, 0.6) is 0 Å². The van der Waals surface area contributed by atoms with E-state index in [-0.39, 0.29) is 5.91 Å². The standard InChI is InChI=1S/C17H23N3O2S/c1-12(2)9-10-20(13-5-6-13)16(21)8-7-15-18-17(19-22-15)14-4-3-11-23-14/h3-4,11-13H,5-10H2,1-2H3. The Morgan fingerprint density at radius 1 is 1.48 bits per heavy atom. The first-order chi connectivity index (χ1) is 11.1. The molecule has 0 N–H and O–H groups in total. The minimum Gasteiger partial charge on any atom is -0.340 e. The normalized spacial score (nSPS) is 14.4. The van der Waals surface area contributed by atoms with E-state index in [1.54, 1.807) is 11.3 Å². The molecule has 2 aromatic rings. The molecule has 0 bridgehead atoms. The van der Waals surface area contributed by atoms with E-state index < -0.39 is 0 Å². The van der Waals surface area contributed by atoms with Crippen LogP contribution in [0.3, 0.4) is 0 Å². The van der Waals surface area contributed by atoms with Gasteiger partial charge in [0.15, 0.2) is 0 Å². The summed E-state index contributed by atoms with van der Waals surface area (Å²) in [5.74, 6) is 1.99. The first-order valence-electron chi connectivity index (χ1n) is 8.29. The van der Waals surface area contributed by atoms with Crippen molar-refractivity contribution in [2.45, 2.75) is 52.0 Å². The van der Waals surface area contributed by atoms with Crippen LogP contribution in [0, 0.1) is 5.92 Å². The lowest BCUT2D eigenvalue weighted by atomic mass is 10.1. The van der Waals surface area contributed by atoms with Gasteiger partial charge in [-0.2, -0.15) is 4.98 Å². The number of rotatable bonds is 8. The van der Waals surface area contributed by atoms with E-state index in [1.807, 2.05) is 17.5 Å². The largest absolute Gasteiger partial charge is 0.340 e. The highest BCUT2D eigenvalue weighted by Crippen LogP contribution is 2.28. The predicted molar refractivity (Wildman–Crippen MR) is 90.1 cm³/mol. The fourth-order valence-electron chi connectivity index (χ4n) is 2.51. The monoisotopic (exact) mass is 333 g/mol. The summed E-state index contributed by atoms with van der Waals surface area (Å²) >= 11 is 1.58. The molecule has 5 nitrogen and oxygen atoms in total. The number of carbonyl (C=O) groups is 1.